The Kier molecular flexibility index (Phi) is 5.95. The smallest absolute Gasteiger partial charge is 0.324 e. The molecule has 0 aliphatic heterocycles. The second-order valence-electron chi connectivity index (χ2n) is 6.23. The highest BCUT2D eigenvalue weighted by Crippen LogP contribution is 2.16. The molecule has 3 aromatic rings. The van der Waals surface area contributed by atoms with Crippen molar-refractivity contribution in [2.75, 3.05) is 5.32 Å². The topological polar surface area (TPSA) is 128 Å². The predicted molar refractivity (Wildman–Crippen MR) is 104 cm³/mol. The minimum atomic E-state index is -3.96. The Morgan fingerprint density at radius 2 is 1.83 bits per heavy atom. The number of hydrogen-bond donors (Lipinski definition) is 2. The lowest BCUT2D eigenvalue weighted by Crippen LogP contribution is -2.39. The van der Waals surface area contributed by atoms with Gasteiger partial charge < -0.3 is 14.5 Å². The standard InChI is InChI=1S/C19H19N3O6S/c1-12(19(24)27-11-18-21-16-5-3-4-6-17(16)28-18)22-29(25,26)15-9-7-14(8-10-15)20-13(2)23/h3-10,12,22H,11H2,1-2H3,(H,20,23)/t12-/m0/s1. The summed E-state index contributed by atoms with van der Waals surface area (Å²) in [6, 6.07) is 11.5. The van der Waals surface area contributed by atoms with Crippen molar-refractivity contribution in [1.29, 1.82) is 0 Å². The van der Waals surface area contributed by atoms with Crippen LogP contribution in [0.25, 0.3) is 11.1 Å². The Labute approximate surface area is 167 Å². The van der Waals surface area contributed by atoms with Gasteiger partial charge in [0.2, 0.25) is 21.8 Å². The third-order valence-electron chi connectivity index (χ3n) is 3.85. The van der Waals surface area contributed by atoms with Gasteiger partial charge in [0, 0.05) is 12.6 Å². The highest BCUT2D eigenvalue weighted by molar-refractivity contribution is 7.89. The van der Waals surface area contributed by atoms with E-state index in [4.69, 9.17) is 9.15 Å². The minimum absolute atomic E-state index is 0.0507. The summed E-state index contributed by atoms with van der Waals surface area (Å²) in [5.41, 5.74) is 1.66. The van der Waals surface area contributed by atoms with Crippen molar-refractivity contribution in [3.8, 4) is 0 Å². The molecule has 0 aliphatic carbocycles. The fraction of sp³-hybridized carbons (Fsp3) is 0.211. The van der Waals surface area contributed by atoms with Gasteiger partial charge in [-0.1, -0.05) is 12.1 Å². The van der Waals surface area contributed by atoms with Crippen molar-refractivity contribution < 1.29 is 27.2 Å². The molecule has 10 heteroatoms. The maximum atomic E-state index is 12.4. The van der Waals surface area contributed by atoms with E-state index < -0.39 is 22.0 Å². The Hall–Kier alpha value is -3.24. The number of para-hydroxylation sites is 2. The summed E-state index contributed by atoms with van der Waals surface area (Å²) in [5, 5.41) is 2.54. The van der Waals surface area contributed by atoms with E-state index in [0.717, 1.165) is 0 Å². The lowest BCUT2D eigenvalue weighted by atomic mass is 10.3. The van der Waals surface area contributed by atoms with Gasteiger partial charge in [-0.25, -0.2) is 13.4 Å². The number of sulfonamides is 1. The number of rotatable bonds is 7. The summed E-state index contributed by atoms with van der Waals surface area (Å²) >= 11 is 0. The van der Waals surface area contributed by atoms with Crippen molar-refractivity contribution in [1.82, 2.24) is 9.71 Å². The molecular weight excluding hydrogens is 398 g/mol. The molecule has 1 atom stereocenters. The molecule has 0 unspecified atom stereocenters. The SMILES string of the molecule is CC(=O)Nc1ccc(S(=O)(=O)N[C@@H](C)C(=O)OCc2nc3ccccc3o2)cc1. The number of carbonyl (C=O) groups is 2. The predicted octanol–water partition coefficient (Wildman–Crippen LogP) is 2.20. The van der Waals surface area contributed by atoms with Gasteiger partial charge in [0.1, 0.15) is 11.6 Å². The van der Waals surface area contributed by atoms with Crippen molar-refractivity contribution >= 4 is 38.7 Å². The first-order chi connectivity index (χ1) is 13.7. The number of nitrogens with one attached hydrogen (secondary N) is 2. The highest BCUT2D eigenvalue weighted by atomic mass is 32.2. The van der Waals surface area contributed by atoms with Crippen LogP contribution in [0.1, 0.15) is 19.7 Å². The van der Waals surface area contributed by atoms with E-state index in [2.05, 4.69) is 15.0 Å². The zero-order valence-corrected chi connectivity index (χ0v) is 16.5. The fourth-order valence-corrected chi connectivity index (χ4v) is 3.70. The normalized spacial score (nSPS) is 12.5. The molecule has 1 heterocycles. The van der Waals surface area contributed by atoms with Gasteiger partial charge in [-0.3, -0.25) is 9.59 Å². The Balaban J connectivity index is 1.59. The van der Waals surface area contributed by atoms with Gasteiger partial charge in [-0.15, -0.1) is 0 Å². The van der Waals surface area contributed by atoms with Crippen molar-refractivity contribution in [2.45, 2.75) is 31.4 Å². The number of carbonyl (C=O) groups excluding carboxylic acids is 2. The summed E-state index contributed by atoms with van der Waals surface area (Å²) in [6.07, 6.45) is 0. The molecule has 0 saturated carbocycles. The molecule has 0 bridgehead atoms. The number of nitrogens with zero attached hydrogens (tertiary/aromatic N) is 1. The second-order valence-corrected chi connectivity index (χ2v) is 7.95. The number of amides is 1. The summed E-state index contributed by atoms with van der Waals surface area (Å²) < 4.78 is 37.7. The maximum absolute atomic E-state index is 12.4. The number of oxazole rings is 1. The lowest BCUT2D eigenvalue weighted by molar-refractivity contribution is -0.147. The third kappa shape index (κ3) is 5.18. The van der Waals surface area contributed by atoms with E-state index in [1.54, 1.807) is 24.3 Å². The number of fused-ring (bicyclic) bond motifs is 1. The maximum Gasteiger partial charge on any atom is 0.324 e. The minimum Gasteiger partial charge on any atom is -0.454 e. The zero-order valence-electron chi connectivity index (χ0n) is 15.7. The molecule has 3 rings (SSSR count). The van der Waals surface area contributed by atoms with Crippen LogP contribution in [-0.4, -0.2) is 31.3 Å². The van der Waals surface area contributed by atoms with E-state index in [1.807, 2.05) is 0 Å². The van der Waals surface area contributed by atoms with Crippen molar-refractivity contribution in [3.05, 3.63) is 54.4 Å². The van der Waals surface area contributed by atoms with E-state index in [9.17, 15) is 18.0 Å². The van der Waals surface area contributed by atoms with E-state index in [1.165, 1.54) is 38.1 Å². The molecule has 0 aliphatic rings. The van der Waals surface area contributed by atoms with Crippen LogP contribution in [0.5, 0.6) is 0 Å². The van der Waals surface area contributed by atoms with Crippen LogP contribution in [0, 0.1) is 0 Å². The molecule has 0 fully saturated rings. The van der Waals surface area contributed by atoms with Gasteiger partial charge in [-0.05, 0) is 43.3 Å². The largest absolute Gasteiger partial charge is 0.454 e. The number of esters is 1. The van der Waals surface area contributed by atoms with Crippen LogP contribution >= 0.6 is 0 Å². The fourth-order valence-electron chi connectivity index (χ4n) is 2.51. The third-order valence-corrected chi connectivity index (χ3v) is 5.40. The quantitative estimate of drug-likeness (QED) is 0.564. The molecular formula is C19H19N3O6S. The van der Waals surface area contributed by atoms with Crippen LogP contribution < -0.4 is 10.0 Å². The molecule has 0 saturated heterocycles. The highest BCUT2D eigenvalue weighted by Gasteiger charge is 2.23. The number of hydrogen-bond acceptors (Lipinski definition) is 7. The van der Waals surface area contributed by atoms with Gasteiger partial charge in [-0.2, -0.15) is 4.72 Å². The van der Waals surface area contributed by atoms with Crippen LogP contribution in [0.2, 0.25) is 0 Å². The number of benzene rings is 2. The molecule has 1 amide bonds. The first-order valence-electron chi connectivity index (χ1n) is 8.66. The van der Waals surface area contributed by atoms with Crippen LogP contribution in [-0.2, 0) is 31.0 Å². The van der Waals surface area contributed by atoms with Crippen LogP contribution in [0.3, 0.4) is 0 Å². The first kappa shape index (κ1) is 20.5. The van der Waals surface area contributed by atoms with Gasteiger partial charge in [0.05, 0.1) is 4.90 Å². The summed E-state index contributed by atoms with van der Waals surface area (Å²) in [6.45, 7) is 2.50. The molecule has 2 aromatic carbocycles. The lowest BCUT2D eigenvalue weighted by Gasteiger charge is -2.13. The van der Waals surface area contributed by atoms with Crippen molar-refractivity contribution in [3.63, 3.8) is 0 Å². The van der Waals surface area contributed by atoms with Gasteiger partial charge >= 0.3 is 5.97 Å². The number of anilines is 1. The molecule has 29 heavy (non-hydrogen) atoms. The number of ether oxygens (including phenoxy) is 1. The summed E-state index contributed by atoms with van der Waals surface area (Å²) in [5.74, 6) is -0.831. The Morgan fingerprint density at radius 1 is 1.14 bits per heavy atom. The second kappa shape index (κ2) is 8.41. The molecule has 0 spiro atoms. The van der Waals surface area contributed by atoms with Gasteiger partial charge in [0.15, 0.2) is 12.2 Å². The van der Waals surface area contributed by atoms with E-state index in [-0.39, 0.29) is 23.3 Å². The average molecular weight is 417 g/mol. The molecule has 0 radical (unpaired) electrons. The molecule has 9 nitrogen and oxygen atoms in total. The van der Waals surface area contributed by atoms with Crippen LogP contribution in [0.4, 0.5) is 5.69 Å². The monoisotopic (exact) mass is 417 g/mol. The van der Waals surface area contributed by atoms with Crippen LogP contribution in [0.15, 0.2) is 57.8 Å². The van der Waals surface area contributed by atoms with Crippen molar-refractivity contribution in [2.24, 2.45) is 0 Å². The summed E-state index contributed by atoms with van der Waals surface area (Å²) in [4.78, 5) is 27.3. The molecule has 2 N–H and O–H groups in total. The molecule has 152 valence electrons. The Bertz CT molecular complexity index is 1110. The van der Waals surface area contributed by atoms with E-state index >= 15 is 0 Å². The zero-order chi connectivity index (χ0) is 21.0. The number of aromatic nitrogens is 1. The Morgan fingerprint density at radius 3 is 2.48 bits per heavy atom. The molecule has 1 aromatic heterocycles. The van der Waals surface area contributed by atoms with E-state index in [0.29, 0.717) is 16.8 Å². The van der Waals surface area contributed by atoms with Gasteiger partial charge in [0.25, 0.3) is 0 Å². The average Bonchev–Trinajstić information content (AvgIpc) is 3.08. The first-order valence-corrected chi connectivity index (χ1v) is 10.1. The summed E-state index contributed by atoms with van der Waals surface area (Å²) in [7, 11) is -3.96.